The lowest BCUT2D eigenvalue weighted by Gasteiger charge is -2.19. The van der Waals surface area contributed by atoms with Gasteiger partial charge in [0.25, 0.3) is 5.91 Å². The summed E-state index contributed by atoms with van der Waals surface area (Å²) in [4.78, 5) is 12.5. The number of hydrogen-bond acceptors (Lipinski definition) is 3. The fourth-order valence-electron chi connectivity index (χ4n) is 2.38. The van der Waals surface area contributed by atoms with E-state index in [2.05, 4.69) is 24.3 Å². The largest absolute Gasteiger partial charge is 0.350 e. The van der Waals surface area contributed by atoms with Crippen LogP contribution < -0.4 is 11.1 Å². The van der Waals surface area contributed by atoms with Crippen LogP contribution in [0.25, 0.3) is 5.69 Å². The Labute approximate surface area is 150 Å². The van der Waals surface area contributed by atoms with E-state index >= 15 is 0 Å². The maximum Gasteiger partial charge on any atom is 0.254 e. The topological polar surface area (TPSA) is 72.9 Å². The van der Waals surface area contributed by atoms with Crippen molar-refractivity contribution in [2.45, 2.75) is 46.1 Å². The number of carbonyl (C=O) groups is 1. The van der Waals surface area contributed by atoms with Crippen LogP contribution in [0.1, 0.15) is 55.2 Å². The van der Waals surface area contributed by atoms with Gasteiger partial charge in [-0.1, -0.05) is 31.5 Å². The van der Waals surface area contributed by atoms with E-state index in [1.165, 1.54) is 5.56 Å². The Kier molecular flexibility index (Phi) is 6.58. The van der Waals surface area contributed by atoms with Gasteiger partial charge in [-0.15, -0.1) is 12.4 Å². The van der Waals surface area contributed by atoms with Crippen LogP contribution in [0, 0.1) is 6.92 Å². The van der Waals surface area contributed by atoms with Gasteiger partial charge in [0.2, 0.25) is 0 Å². The fourth-order valence-corrected chi connectivity index (χ4v) is 2.38. The number of amides is 1. The molecule has 0 spiro atoms. The molecule has 132 valence electrons. The van der Waals surface area contributed by atoms with Crippen molar-refractivity contribution in [2.24, 2.45) is 5.73 Å². The molecule has 0 aliphatic rings. The third-order valence-corrected chi connectivity index (χ3v) is 3.58. The highest BCUT2D eigenvalue weighted by Crippen LogP contribution is 2.23. The Morgan fingerprint density at radius 2 is 1.88 bits per heavy atom. The molecule has 0 aliphatic heterocycles. The van der Waals surface area contributed by atoms with E-state index in [0.29, 0.717) is 12.1 Å². The van der Waals surface area contributed by atoms with Gasteiger partial charge in [0, 0.05) is 12.1 Å². The SMILES string of the molecule is Cc1ccc(-n2ncc(C(=O)NCC(C)(C)N)c2C(C)C)cc1.Cl. The number of aryl methyl sites for hydroxylation is 1. The number of rotatable bonds is 5. The van der Waals surface area contributed by atoms with Crippen molar-refractivity contribution in [1.82, 2.24) is 15.1 Å². The molecule has 1 aromatic carbocycles. The number of nitrogens with one attached hydrogen (secondary N) is 1. The van der Waals surface area contributed by atoms with Gasteiger partial charge in [-0.25, -0.2) is 4.68 Å². The molecule has 0 fully saturated rings. The average Bonchev–Trinajstić information content (AvgIpc) is 2.90. The van der Waals surface area contributed by atoms with Gasteiger partial charge in [0.15, 0.2) is 0 Å². The van der Waals surface area contributed by atoms with Gasteiger partial charge in [0.05, 0.1) is 23.1 Å². The Morgan fingerprint density at radius 3 is 2.38 bits per heavy atom. The molecule has 1 amide bonds. The van der Waals surface area contributed by atoms with E-state index in [0.717, 1.165) is 11.4 Å². The molecule has 2 aromatic rings. The van der Waals surface area contributed by atoms with Crippen LogP contribution in [0.4, 0.5) is 0 Å². The molecular formula is C18H27ClN4O. The first kappa shape index (κ1) is 20.2. The van der Waals surface area contributed by atoms with Crippen LogP contribution in [0.3, 0.4) is 0 Å². The molecule has 0 radical (unpaired) electrons. The number of hydrogen-bond donors (Lipinski definition) is 2. The lowest BCUT2D eigenvalue weighted by Crippen LogP contribution is -2.45. The Hall–Kier alpha value is -1.85. The van der Waals surface area contributed by atoms with E-state index in [1.54, 1.807) is 6.20 Å². The van der Waals surface area contributed by atoms with Crippen LogP contribution >= 0.6 is 12.4 Å². The summed E-state index contributed by atoms with van der Waals surface area (Å²) in [5.74, 6) is 0.0380. The minimum Gasteiger partial charge on any atom is -0.350 e. The van der Waals surface area contributed by atoms with E-state index < -0.39 is 5.54 Å². The molecule has 1 aromatic heterocycles. The van der Waals surface area contributed by atoms with E-state index in [1.807, 2.05) is 49.7 Å². The molecule has 6 heteroatoms. The number of aromatic nitrogens is 2. The van der Waals surface area contributed by atoms with Crippen LogP contribution in [0.15, 0.2) is 30.5 Å². The number of carbonyl (C=O) groups excluding carboxylic acids is 1. The third-order valence-electron chi connectivity index (χ3n) is 3.58. The van der Waals surface area contributed by atoms with Crippen molar-refractivity contribution in [2.75, 3.05) is 6.54 Å². The van der Waals surface area contributed by atoms with Gasteiger partial charge >= 0.3 is 0 Å². The summed E-state index contributed by atoms with van der Waals surface area (Å²) in [6.45, 7) is 10.3. The lowest BCUT2D eigenvalue weighted by molar-refractivity contribution is 0.0944. The number of nitrogens with two attached hydrogens (primary N) is 1. The molecule has 1 heterocycles. The second-order valence-electron chi connectivity index (χ2n) is 7.02. The molecule has 2 rings (SSSR count). The monoisotopic (exact) mass is 350 g/mol. The second-order valence-corrected chi connectivity index (χ2v) is 7.02. The number of nitrogens with zero attached hydrogens (tertiary/aromatic N) is 2. The summed E-state index contributed by atoms with van der Waals surface area (Å²) >= 11 is 0. The molecule has 24 heavy (non-hydrogen) atoms. The van der Waals surface area contributed by atoms with Crippen molar-refractivity contribution in [3.63, 3.8) is 0 Å². The van der Waals surface area contributed by atoms with Crippen molar-refractivity contribution in [1.29, 1.82) is 0 Å². The number of benzene rings is 1. The Balaban J connectivity index is 0.00000288. The van der Waals surface area contributed by atoms with Crippen molar-refractivity contribution >= 4 is 18.3 Å². The highest BCUT2D eigenvalue weighted by atomic mass is 35.5. The quantitative estimate of drug-likeness (QED) is 0.869. The highest BCUT2D eigenvalue weighted by Gasteiger charge is 2.22. The number of halogens is 1. The zero-order valence-electron chi connectivity index (χ0n) is 15.0. The van der Waals surface area contributed by atoms with Gasteiger partial charge in [-0.05, 0) is 38.8 Å². The molecule has 5 nitrogen and oxygen atoms in total. The van der Waals surface area contributed by atoms with Crippen LogP contribution in [0.5, 0.6) is 0 Å². The average molecular weight is 351 g/mol. The summed E-state index contributed by atoms with van der Waals surface area (Å²) in [5, 5.41) is 7.32. The molecule has 0 bridgehead atoms. The second kappa shape index (κ2) is 7.81. The van der Waals surface area contributed by atoms with Gasteiger partial charge in [0.1, 0.15) is 0 Å². The highest BCUT2D eigenvalue weighted by molar-refractivity contribution is 5.95. The zero-order chi connectivity index (χ0) is 17.2. The summed E-state index contributed by atoms with van der Waals surface area (Å²) in [5.41, 5.74) is 9.14. The maximum atomic E-state index is 12.5. The summed E-state index contributed by atoms with van der Waals surface area (Å²) < 4.78 is 1.84. The smallest absolute Gasteiger partial charge is 0.254 e. The summed E-state index contributed by atoms with van der Waals surface area (Å²) in [6.07, 6.45) is 1.63. The molecule has 0 saturated heterocycles. The van der Waals surface area contributed by atoms with Crippen LogP contribution in [-0.4, -0.2) is 27.8 Å². The van der Waals surface area contributed by atoms with Gasteiger partial charge in [-0.2, -0.15) is 5.10 Å². The van der Waals surface area contributed by atoms with Crippen molar-refractivity contribution < 1.29 is 4.79 Å². The third kappa shape index (κ3) is 4.82. The van der Waals surface area contributed by atoms with E-state index in [9.17, 15) is 4.79 Å². The molecule has 0 atom stereocenters. The predicted molar refractivity (Wildman–Crippen MR) is 100 cm³/mol. The summed E-state index contributed by atoms with van der Waals surface area (Å²) in [7, 11) is 0. The molecule has 0 aliphatic carbocycles. The molecule has 0 unspecified atom stereocenters. The van der Waals surface area contributed by atoms with Crippen molar-refractivity contribution in [3.05, 3.63) is 47.3 Å². The van der Waals surface area contributed by atoms with Gasteiger partial charge < -0.3 is 11.1 Å². The predicted octanol–water partition coefficient (Wildman–Crippen LogP) is 3.19. The maximum absolute atomic E-state index is 12.5. The molecular weight excluding hydrogens is 324 g/mol. The van der Waals surface area contributed by atoms with E-state index in [4.69, 9.17) is 5.73 Å². The summed E-state index contributed by atoms with van der Waals surface area (Å²) in [6, 6.07) is 8.10. The Bertz CT molecular complexity index is 684. The first-order chi connectivity index (χ1) is 10.7. The van der Waals surface area contributed by atoms with E-state index in [-0.39, 0.29) is 24.2 Å². The first-order valence-corrected chi connectivity index (χ1v) is 7.91. The Morgan fingerprint density at radius 1 is 1.29 bits per heavy atom. The lowest BCUT2D eigenvalue weighted by atomic mass is 10.0. The molecule has 0 saturated carbocycles. The van der Waals surface area contributed by atoms with Crippen LogP contribution in [0.2, 0.25) is 0 Å². The minimum absolute atomic E-state index is 0. The fraction of sp³-hybridized carbons (Fsp3) is 0.444. The van der Waals surface area contributed by atoms with Crippen molar-refractivity contribution in [3.8, 4) is 5.69 Å². The van der Waals surface area contributed by atoms with Crippen LogP contribution in [-0.2, 0) is 0 Å². The first-order valence-electron chi connectivity index (χ1n) is 7.91. The standard InChI is InChI=1S/C18H26N4O.ClH/c1-12(2)16-15(17(23)20-11-18(4,5)19)10-21-22(16)14-8-6-13(3)7-9-14;/h6-10,12H,11,19H2,1-5H3,(H,20,23);1H. The zero-order valence-corrected chi connectivity index (χ0v) is 15.8. The van der Waals surface area contributed by atoms with Gasteiger partial charge in [-0.3, -0.25) is 4.79 Å². The minimum atomic E-state index is -0.444. The normalized spacial score (nSPS) is 11.3. The molecule has 3 N–H and O–H groups in total.